The molecular formula is C18H21N5O4. The molecule has 9 nitrogen and oxygen atoms in total. The molecule has 27 heavy (non-hydrogen) atoms. The van der Waals surface area contributed by atoms with Crippen LogP contribution in [0.2, 0.25) is 0 Å². The summed E-state index contributed by atoms with van der Waals surface area (Å²) in [6, 6.07) is 6.73. The van der Waals surface area contributed by atoms with Crippen LogP contribution in [0, 0.1) is 6.92 Å². The van der Waals surface area contributed by atoms with Gasteiger partial charge in [-0.05, 0) is 26.0 Å². The summed E-state index contributed by atoms with van der Waals surface area (Å²) >= 11 is 0. The van der Waals surface area contributed by atoms with Gasteiger partial charge in [0.2, 0.25) is 5.88 Å². The highest BCUT2D eigenvalue weighted by Crippen LogP contribution is 2.25. The Bertz CT molecular complexity index is 919. The molecule has 3 aromatic rings. The number of amides is 1. The predicted molar refractivity (Wildman–Crippen MR) is 96.0 cm³/mol. The minimum absolute atomic E-state index is 0.143. The number of pyridine rings is 1. The lowest BCUT2D eigenvalue weighted by atomic mass is 10.1. The Morgan fingerprint density at radius 1 is 1.44 bits per heavy atom. The second kappa shape index (κ2) is 8.00. The van der Waals surface area contributed by atoms with Gasteiger partial charge in [-0.2, -0.15) is 0 Å². The van der Waals surface area contributed by atoms with E-state index in [1.807, 2.05) is 18.2 Å². The topological polar surface area (TPSA) is 115 Å². The molecule has 2 N–H and O–H groups in total. The molecule has 3 heterocycles. The van der Waals surface area contributed by atoms with Crippen molar-refractivity contribution in [2.75, 3.05) is 6.61 Å². The van der Waals surface area contributed by atoms with E-state index in [0.717, 1.165) is 5.56 Å². The van der Waals surface area contributed by atoms with Gasteiger partial charge >= 0.3 is 0 Å². The lowest BCUT2D eigenvalue weighted by Gasteiger charge is -2.09. The Labute approximate surface area is 156 Å². The molecule has 3 aromatic heterocycles. The fourth-order valence-electron chi connectivity index (χ4n) is 2.48. The zero-order chi connectivity index (χ0) is 19.4. The van der Waals surface area contributed by atoms with Crippen LogP contribution in [0.15, 0.2) is 35.0 Å². The van der Waals surface area contributed by atoms with E-state index >= 15 is 0 Å². The molecule has 0 aliphatic rings. The third kappa shape index (κ3) is 4.14. The lowest BCUT2D eigenvalue weighted by molar-refractivity contribution is 0.0912. The van der Waals surface area contributed by atoms with Crippen molar-refractivity contribution in [1.29, 1.82) is 0 Å². The second-order valence-corrected chi connectivity index (χ2v) is 6.12. The number of ether oxygens (including phenoxy) is 1. The van der Waals surface area contributed by atoms with Crippen molar-refractivity contribution in [3.05, 3.63) is 47.5 Å². The zero-order valence-corrected chi connectivity index (χ0v) is 15.3. The first-order valence-electron chi connectivity index (χ1n) is 8.44. The quantitative estimate of drug-likeness (QED) is 0.646. The highest BCUT2D eigenvalue weighted by Gasteiger charge is 2.19. The predicted octanol–water partition coefficient (Wildman–Crippen LogP) is 1.47. The van der Waals surface area contributed by atoms with E-state index in [2.05, 4.69) is 20.6 Å². The van der Waals surface area contributed by atoms with Crippen molar-refractivity contribution >= 4 is 5.91 Å². The Balaban J connectivity index is 1.74. The van der Waals surface area contributed by atoms with Crippen LogP contribution in [0.3, 0.4) is 0 Å². The standard InChI is InChI=1S/C18H21N5O4/c1-11(9-24)20-18(25)15-8-16(21-23(15)3)26-10-13-12(2)27-22-17(13)14-6-4-5-7-19-14/h4-8,11,24H,9-10H2,1-3H3,(H,20,25)/t11-/m0/s1. The monoisotopic (exact) mass is 371 g/mol. The fraction of sp³-hybridized carbons (Fsp3) is 0.333. The van der Waals surface area contributed by atoms with Crippen LogP contribution >= 0.6 is 0 Å². The highest BCUT2D eigenvalue weighted by atomic mass is 16.5. The van der Waals surface area contributed by atoms with Crippen molar-refractivity contribution in [2.24, 2.45) is 7.05 Å². The minimum Gasteiger partial charge on any atom is -0.471 e. The third-order valence-electron chi connectivity index (χ3n) is 4.00. The molecule has 142 valence electrons. The smallest absolute Gasteiger partial charge is 0.269 e. The van der Waals surface area contributed by atoms with Gasteiger partial charge in [0.25, 0.3) is 5.91 Å². The van der Waals surface area contributed by atoms with Crippen LogP contribution in [-0.4, -0.2) is 43.6 Å². The Morgan fingerprint density at radius 3 is 2.96 bits per heavy atom. The number of carbonyl (C=O) groups is 1. The van der Waals surface area contributed by atoms with Crippen molar-refractivity contribution in [2.45, 2.75) is 26.5 Å². The summed E-state index contributed by atoms with van der Waals surface area (Å²) in [5.74, 6) is 0.588. The van der Waals surface area contributed by atoms with Crippen LogP contribution < -0.4 is 10.1 Å². The number of aliphatic hydroxyl groups excluding tert-OH is 1. The summed E-state index contributed by atoms with van der Waals surface area (Å²) in [5.41, 5.74) is 2.39. The molecule has 0 unspecified atom stereocenters. The van der Waals surface area contributed by atoms with E-state index in [-0.39, 0.29) is 25.2 Å². The number of nitrogens with zero attached hydrogens (tertiary/aromatic N) is 4. The number of hydrogen-bond acceptors (Lipinski definition) is 7. The molecule has 0 radical (unpaired) electrons. The first-order valence-corrected chi connectivity index (χ1v) is 8.44. The molecule has 0 fully saturated rings. The number of hydrogen-bond donors (Lipinski definition) is 2. The Kier molecular flexibility index (Phi) is 5.51. The van der Waals surface area contributed by atoms with Crippen molar-refractivity contribution in [3.63, 3.8) is 0 Å². The normalized spacial score (nSPS) is 12.0. The molecule has 0 aromatic carbocycles. The number of rotatable bonds is 7. The van der Waals surface area contributed by atoms with Crippen LogP contribution in [0.5, 0.6) is 5.88 Å². The fourth-order valence-corrected chi connectivity index (χ4v) is 2.48. The number of aromatic nitrogens is 4. The molecule has 0 saturated heterocycles. The number of nitrogens with one attached hydrogen (secondary N) is 1. The van der Waals surface area contributed by atoms with Gasteiger partial charge in [-0.25, -0.2) is 0 Å². The first kappa shape index (κ1) is 18.6. The van der Waals surface area contributed by atoms with Gasteiger partial charge < -0.3 is 19.7 Å². The summed E-state index contributed by atoms with van der Waals surface area (Å²) in [6.07, 6.45) is 1.68. The number of aryl methyl sites for hydroxylation is 2. The van der Waals surface area contributed by atoms with Crippen LogP contribution in [0.1, 0.15) is 28.7 Å². The van der Waals surface area contributed by atoms with Crippen molar-refractivity contribution < 1.29 is 19.2 Å². The van der Waals surface area contributed by atoms with Crippen LogP contribution in [0.25, 0.3) is 11.4 Å². The maximum absolute atomic E-state index is 12.2. The van der Waals surface area contributed by atoms with Gasteiger partial charge in [-0.1, -0.05) is 11.2 Å². The summed E-state index contributed by atoms with van der Waals surface area (Å²) in [4.78, 5) is 16.5. The minimum atomic E-state index is -0.350. The zero-order valence-electron chi connectivity index (χ0n) is 15.3. The SMILES string of the molecule is Cc1onc(-c2ccccn2)c1COc1cc(C(=O)N[C@@H](C)CO)n(C)n1. The van der Waals surface area contributed by atoms with E-state index in [9.17, 15) is 4.79 Å². The second-order valence-electron chi connectivity index (χ2n) is 6.12. The first-order chi connectivity index (χ1) is 13.0. The number of carbonyl (C=O) groups excluding carboxylic acids is 1. The molecule has 1 amide bonds. The molecule has 0 bridgehead atoms. The lowest BCUT2D eigenvalue weighted by Crippen LogP contribution is -2.36. The van der Waals surface area contributed by atoms with Gasteiger partial charge in [0, 0.05) is 25.4 Å². The summed E-state index contributed by atoms with van der Waals surface area (Å²) in [5, 5.41) is 20.0. The van der Waals surface area contributed by atoms with Gasteiger partial charge in [-0.15, -0.1) is 5.10 Å². The van der Waals surface area contributed by atoms with E-state index in [1.54, 1.807) is 33.2 Å². The van der Waals surface area contributed by atoms with Gasteiger partial charge in [0.15, 0.2) is 0 Å². The summed E-state index contributed by atoms with van der Waals surface area (Å²) in [7, 11) is 1.65. The maximum Gasteiger partial charge on any atom is 0.269 e. The highest BCUT2D eigenvalue weighted by molar-refractivity contribution is 5.93. The third-order valence-corrected chi connectivity index (χ3v) is 4.00. The summed E-state index contributed by atoms with van der Waals surface area (Å²) < 4.78 is 12.5. The molecule has 0 saturated carbocycles. The van der Waals surface area contributed by atoms with Gasteiger partial charge in [0.1, 0.15) is 23.8 Å². The average molecular weight is 371 g/mol. The Hall–Kier alpha value is -3.20. The molecule has 1 atom stereocenters. The molecule has 9 heteroatoms. The molecule has 0 aliphatic carbocycles. The maximum atomic E-state index is 12.2. The average Bonchev–Trinajstić information content (AvgIpc) is 3.23. The van der Waals surface area contributed by atoms with Crippen molar-refractivity contribution in [3.8, 4) is 17.3 Å². The Morgan fingerprint density at radius 2 is 2.26 bits per heavy atom. The largest absolute Gasteiger partial charge is 0.471 e. The van der Waals surface area contributed by atoms with Crippen molar-refractivity contribution in [1.82, 2.24) is 25.2 Å². The molecule has 0 aliphatic heterocycles. The van der Waals surface area contributed by atoms with Crippen LogP contribution in [0.4, 0.5) is 0 Å². The van der Waals surface area contributed by atoms with Gasteiger partial charge in [0.05, 0.1) is 17.9 Å². The molecule has 0 spiro atoms. The summed E-state index contributed by atoms with van der Waals surface area (Å²) in [6.45, 7) is 3.54. The molecule has 3 rings (SSSR count). The van der Waals surface area contributed by atoms with E-state index in [1.165, 1.54) is 4.68 Å². The number of aliphatic hydroxyl groups is 1. The van der Waals surface area contributed by atoms with E-state index in [0.29, 0.717) is 28.7 Å². The van der Waals surface area contributed by atoms with Crippen LogP contribution in [-0.2, 0) is 13.7 Å². The molecular weight excluding hydrogens is 350 g/mol. The van der Waals surface area contributed by atoms with E-state index in [4.69, 9.17) is 14.4 Å². The van der Waals surface area contributed by atoms with E-state index < -0.39 is 0 Å². The van der Waals surface area contributed by atoms with Gasteiger partial charge in [-0.3, -0.25) is 14.5 Å².